The Balaban J connectivity index is 1.84. The lowest BCUT2D eigenvalue weighted by atomic mass is 10.2. The average molecular weight is 397 g/mol. The zero-order chi connectivity index (χ0) is 19.8. The van der Waals surface area contributed by atoms with E-state index in [0.29, 0.717) is 5.65 Å². The van der Waals surface area contributed by atoms with Crippen molar-refractivity contribution in [3.8, 4) is 0 Å². The molecule has 27 heavy (non-hydrogen) atoms. The van der Waals surface area contributed by atoms with Crippen molar-refractivity contribution in [3.05, 3.63) is 30.2 Å². The normalized spacial score (nSPS) is 15.7. The molecule has 10 heteroatoms. The minimum absolute atomic E-state index is 0.0996. The highest BCUT2D eigenvalue weighted by molar-refractivity contribution is 7.87. The molecule has 0 radical (unpaired) electrons. The van der Waals surface area contributed by atoms with E-state index in [2.05, 4.69) is 9.88 Å². The number of carbonyl (C=O) groups is 1. The lowest BCUT2D eigenvalue weighted by Gasteiger charge is -2.23. The van der Waals surface area contributed by atoms with Crippen molar-refractivity contribution in [2.75, 3.05) is 31.6 Å². The highest BCUT2D eigenvalue weighted by atomic mass is 32.2. The molecule has 3 rings (SSSR count). The van der Waals surface area contributed by atoms with E-state index in [4.69, 9.17) is 0 Å². The number of rotatable bonds is 6. The molecule has 0 bridgehead atoms. The molecule has 0 saturated carbocycles. The Kier molecular flexibility index (Phi) is 5.13. The molecule has 8 nitrogen and oxygen atoms in total. The van der Waals surface area contributed by atoms with Crippen LogP contribution in [0.15, 0.2) is 24.5 Å². The summed E-state index contributed by atoms with van der Waals surface area (Å²) in [6.45, 7) is 4.05. The van der Waals surface area contributed by atoms with E-state index >= 15 is 0 Å². The van der Waals surface area contributed by atoms with Gasteiger partial charge in [-0.05, 0) is 38.8 Å². The molecule has 0 aliphatic carbocycles. The van der Waals surface area contributed by atoms with Crippen LogP contribution < -0.4 is 9.62 Å². The van der Waals surface area contributed by atoms with Crippen LogP contribution in [0.25, 0.3) is 5.65 Å². The number of aromatic nitrogens is 2. The Morgan fingerprint density at radius 1 is 1.33 bits per heavy atom. The quantitative estimate of drug-likeness (QED) is 0.800. The summed E-state index contributed by atoms with van der Waals surface area (Å²) in [6, 6.07) is 3.72. The fourth-order valence-corrected chi connectivity index (χ4v) is 4.13. The molecular weight excluding hydrogens is 373 g/mol. The first kappa shape index (κ1) is 19.6. The van der Waals surface area contributed by atoms with Crippen LogP contribution in [0, 0.1) is 0 Å². The minimum atomic E-state index is -4.17. The maximum atomic E-state index is 13.7. The Morgan fingerprint density at radius 2 is 2.00 bits per heavy atom. The summed E-state index contributed by atoms with van der Waals surface area (Å²) in [4.78, 5) is 18.9. The van der Waals surface area contributed by atoms with Crippen molar-refractivity contribution in [2.45, 2.75) is 32.4 Å². The SMILES string of the molecule is CN(CC(C)(C)F)S(=O)(=O)NC(=O)c1cnc2ccc(N3CCCC3)cn12. The van der Waals surface area contributed by atoms with Gasteiger partial charge in [-0.1, -0.05) is 0 Å². The largest absolute Gasteiger partial charge is 0.370 e. The number of hydrogen-bond donors (Lipinski definition) is 1. The van der Waals surface area contributed by atoms with Crippen molar-refractivity contribution >= 4 is 27.5 Å². The smallest absolute Gasteiger partial charge is 0.303 e. The first-order valence-electron chi connectivity index (χ1n) is 8.76. The van der Waals surface area contributed by atoms with Crippen LogP contribution in [-0.4, -0.2) is 60.4 Å². The van der Waals surface area contributed by atoms with Gasteiger partial charge < -0.3 is 4.90 Å². The number of hydrogen-bond acceptors (Lipinski definition) is 5. The maximum absolute atomic E-state index is 13.7. The van der Waals surface area contributed by atoms with Gasteiger partial charge in [0, 0.05) is 32.9 Å². The van der Waals surface area contributed by atoms with Gasteiger partial charge in [-0.25, -0.2) is 14.1 Å². The summed E-state index contributed by atoms with van der Waals surface area (Å²) in [6.07, 6.45) is 5.34. The van der Waals surface area contributed by atoms with Crippen molar-refractivity contribution in [1.82, 2.24) is 18.4 Å². The molecule has 1 saturated heterocycles. The lowest BCUT2D eigenvalue weighted by molar-refractivity contribution is 0.0971. The van der Waals surface area contributed by atoms with Crippen molar-refractivity contribution in [1.29, 1.82) is 0 Å². The van der Waals surface area contributed by atoms with Crippen molar-refractivity contribution in [2.24, 2.45) is 0 Å². The summed E-state index contributed by atoms with van der Waals surface area (Å²) >= 11 is 0. The number of anilines is 1. The van der Waals surface area contributed by atoms with E-state index in [-0.39, 0.29) is 12.2 Å². The van der Waals surface area contributed by atoms with E-state index in [1.54, 1.807) is 16.7 Å². The summed E-state index contributed by atoms with van der Waals surface area (Å²) in [7, 11) is -2.95. The summed E-state index contributed by atoms with van der Waals surface area (Å²) in [5, 5.41) is 0. The van der Waals surface area contributed by atoms with E-state index < -0.39 is 21.8 Å². The highest BCUT2D eigenvalue weighted by Crippen LogP contribution is 2.21. The number of halogens is 1. The van der Waals surface area contributed by atoms with Gasteiger partial charge in [0.05, 0.1) is 11.9 Å². The first-order chi connectivity index (χ1) is 12.6. The molecule has 1 fully saturated rings. The number of imidazole rings is 1. The minimum Gasteiger partial charge on any atom is -0.370 e. The molecule has 0 atom stereocenters. The van der Waals surface area contributed by atoms with Gasteiger partial charge in [-0.2, -0.15) is 12.7 Å². The molecule has 3 heterocycles. The monoisotopic (exact) mass is 397 g/mol. The van der Waals surface area contributed by atoms with Crippen LogP contribution in [0.5, 0.6) is 0 Å². The summed E-state index contributed by atoms with van der Waals surface area (Å²) in [5.74, 6) is -0.815. The molecule has 148 valence electrons. The van der Waals surface area contributed by atoms with Gasteiger partial charge in [0.1, 0.15) is 17.0 Å². The molecule has 1 N–H and O–H groups in total. The average Bonchev–Trinajstić information content (AvgIpc) is 3.21. The standard InChI is InChI=1S/C17H24FN5O3S/c1-17(2,18)12-21(3)27(25,26)20-16(24)14-10-19-15-7-6-13(11-23(14)15)22-8-4-5-9-22/h6-7,10-11H,4-5,8-9,12H2,1-3H3,(H,20,24). The van der Waals surface area contributed by atoms with Crippen LogP contribution in [0.2, 0.25) is 0 Å². The Morgan fingerprint density at radius 3 is 2.63 bits per heavy atom. The van der Waals surface area contributed by atoms with Crippen molar-refractivity contribution in [3.63, 3.8) is 0 Å². The Bertz CT molecular complexity index is 945. The van der Waals surface area contributed by atoms with Crippen LogP contribution in [0.4, 0.5) is 10.1 Å². The second kappa shape index (κ2) is 7.08. The Hall–Kier alpha value is -2.20. The Labute approximate surface area is 158 Å². The third kappa shape index (κ3) is 4.38. The van der Waals surface area contributed by atoms with Crippen molar-refractivity contribution < 1.29 is 17.6 Å². The van der Waals surface area contributed by atoms with Gasteiger partial charge in [0.25, 0.3) is 5.91 Å². The van der Waals surface area contributed by atoms with E-state index in [9.17, 15) is 17.6 Å². The zero-order valence-electron chi connectivity index (χ0n) is 15.6. The number of fused-ring (bicyclic) bond motifs is 1. The molecule has 2 aromatic rings. The highest BCUT2D eigenvalue weighted by Gasteiger charge is 2.28. The molecule has 1 aliphatic heterocycles. The predicted molar refractivity (Wildman–Crippen MR) is 101 cm³/mol. The number of alkyl halides is 1. The van der Waals surface area contributed by atoms with Crippen LogP contribution >= 0.6 is 0 Å². The number of nitrogens with one attached hydrogen (secondary N) is 1. The number of pyridine rings is 1. The second-order valence-electron chi connectivity index (χ2n) is 7.36. The van der Waals surface area contributed by atoms with Crippen LogP contribution in [-0.2, 0) is 10.2 Å². The molecule has 1 aliphatic rings. The topological polar surface area (TPSA) is 87.0 Å². The van der Waals surface area contributed by atoms with Crippen LogP contribution in [0.3, 0.4) is 0 Å². The molecule has 0 aromatic carbocycles. The molecule has 1 amide bonds. The van der Waals surface area contributed by atoms with Gasteiger partial charge in [-0.15, -0.1) is 0 Å². The van der Waals surface area contributed by atoms with Gasteiger partial charge in [0.15, 0.2) is 0 Å². The predicted octanol–water partition coefficient (Wildman–Crippen LogP) is 1.59. The zero-order valence-corrected chi connectivity index (χ0v) is 16.5. The molecule has 0 spiro atoms. The third-order valence-electron chi connectivity index (χ3n) is 4.42. The van der Waals surface area contributed by atoms with E-state index in [1.807, 2.05) is 10.8 Å². The molecular formula is C17H24FN5O3S. The van der Waals surface area contributed by atoms with Gasteiger partial charge in [0.2, 0.25) is 0 Å². The molecule has 2 aromatic heterocycles. The summed E-state index contributed by atoms with van der Waals surface area (Å²) < 4.78 is 42.7. The summed E-state index contributed by atoms with van der Waals surface area (Å²) in [5.41, 5.74) is -0.131. The number of amides is 1. The number of carbonyl (C=O) groups excluding carboxylic acids is 1. The third-order valence-corrected chi connectivity index (χ3v) is 5.82. The number of nitrogens with zero attached hydrogens (tertiary/aromatic N) is 4. The fourth-order valence-electron chi connectivity index (χ4n) is 3.16. The van der Waals surface area contributed by atoms with Gasteiger partial charge in [-0.3, -0.25) is 9.20 Å². The molecule has 0 unspecified atom stereocenters. The van der Waals surface area contributed by atoms with Gasteiger partial charge >= 0.3 is 10.2 Å². The fraction of sp³-hybridized carbons (Fsp3) is 0.529. The van der Waals surface area contributed by atoms with E-state index in [0.717, 1.165) is 35.9 Å². The lowest BCUT2D eigenvalue weighted by Crippen LogP contribution is -2.45. The second-order valence-corrected chi connectivity index (χ2v) is 9.14. The van der Waals surface area contributed by atoms with E-state index in [1.165, 1.54) is 27.1 Å². The first-order valence-corrected chi connectivity index (χ1v) is 10.2. The maximum Gasteiger partial charge on any atom is 0.303 e. The van der Waals surface area contributed by atoms with Crippen LogP contribution in [0.1, 0.15) is 37.2 Å².